The minimum absolute atomic E-state index is 0.0207. The number of anilines is 2. The number of benzene rings is 4. The molecule has 0 fully saturated rings. The fourth-order valence-corrected chi connectivity index (χ4v) is 3.80. The summed E-state index contributed by atoms with van der Waals surface area (Å²) in [5.41, 5.74) is 17.1. The molecule has 0 spiro atoms. The fourth-order valence-electron chi connectivity index (χ4n) is 3.80. The molecule has 0 radical (unpaired) electrons. The number of allylic oxidation sites excluding steroid dienone is 1. The van der Waals surface area contributed by atoms with Crippen molar-refractivity contribution in [1.82, 2.24) is 0 Å². The van der Waals surface area contributed by atoms with Crippen LogP contribution in [0.2, 0.25) is 0 Å². The van der Waals surface area contributed by atoms with Crippen LogP contribution in [0.4, 0.5) is 11.4 Å². The monoisotopic (exact) mass is 478 g/mol. The lowest BCUT2D eigenvalue weighted by molar-refractivity contribution is 0.104. The molecule has 36 heavy (non-hydrogen) atoms. The van der Waals surface area contributed by atoms with E-state index < -0.39 is 0 Å². The number of nitrogen functional groups attached to an aromatic ring is 2. The normalized spacial score (nSPS) is 10.9. The van der Waals surface area contributed by atoms with E-state index in [0.717, 1.165) is 35.5 Å². The molecule has 4 aromatic rings. The van der Waals surface area contributed by atoms with E-state index in [-0.39, 0.29) is 5.78 Å². The number of nitrogens with two attached hydrogens (primary N) is 2. The molecule has 0 aliphatic heterocycles. The Balaban J connectivity index is 1.17. The summed E-state index contributed by atoms with van der Waals surface area (Å²) >= 11 is 0. The van der Waals surface area contributed by atoms with Gasteiger partial charge in [0.25, 0.3) is 0 Å². The van der Waals surface area contributed by atoms with Crippen molar-refractivity contribution in [2.45, 2.75) is 12.8 Å². The third-order valence-corrected chi connectivity index (χ3v) is 5.65. The molecule has 0 saturated carbocycles. The van der Waals surface area contributed by atoms with E-state index in [1.165, 1.54) is 5.56 Å². The summed E-state index contributed by atoms with van der Waals surface area (Å²) in [6.07, 6.45) is 5.16. The minimum Gasteiger partial charge on any atom is -0.490 e. The summed E-state index contributed by atoms with van der Waals surface area (Å²) in [7, 11) is 0. The Hall–Kier alpha value is -4.51. The molecule has 0 unspecified atom stereocenters. The average Bonchev–Trinajstić information content (AvgIpc) is 2.90. The highest BCUT2D eigenvalue weighted by Gasteiger charge is 2.02. The molecular weight excluding hydrogens is 448 g/mol. The highest BCUT2D eigenvalue weighted by atomic mass is 16.5. The van der Waals surface area contributed by atoms with Gasteiger partial charge < -0.3 is 20.9 Å². The number of hydrogen-bond acceptors (Lipinski definition) is 5. The van der Waals surface area contributed by atoms with Crippen LogP contribution in [0.25, 0.3) is 6.08 Å². The van der Waals surface area contributed by atoms with Gasteiger partial charge in [-0.1, -0.05) is 60.7 Å². The second kappa shape index (κ2) is 12.3. The van der Waals surface area contributed by atoms with Crippen LogP contribution in [-0.4, -0.2) is 19.0 Å². The Kier molecular flexibility index (Phi) is 8.39. The van der Waals surface area contributed by atoms with Crippen molar-refractivity contribution < 1.29 is 14.3 Å². The van der Waals surface area contributed by atoms with Crippen LogP contribution >= 0.6 is 0 Å². The van der Waals surface area contributed by atoms with Gasteiger partial charge in [0.05, 0.1) is 0 Å². The molecule has 4 N–H and O–H groups in total. The fraction of sp³-hybridized carbons (Fsp3) is 0.129. The SMILES string of the molecule is Nc1cc(N)cc(CCc2ccc(OCCOc3ccc(/C=C/C(=O)c4ccccc4)cc3)cc2)c1. The maximum absolute atomic E-state index is 12.2. The van der Waals surface area contributed by atoms with Crippen LogP contribution in [0.15, 0.2) is 103 Å². The van der Waals surface area contributed by atoms with Crippen molar-refractivity contribution in [3.05, 3.63) is 125 Å². The molecule has 0 bridgehead atoms. The average molecular weight is 479 g/mol. The van der Waals surface area contributed by atoms with Crippen LogP contribution in [-0.2, 0) is 12.8 Å². The number of hydrogen-bond donors (Lipinski definition) is 2. The van der Waals surface area contributed by atoms with Gasteiger partial charge in [-0.3, -0.25) is 4.79 Å². The van der Waals surface area contributed by atoms with Crippen molar-refractivity contribution in [1.29, 1.82) is 0 Å². The second-order valence-corrected chi connectivity index (χ2v) is 8.48. The molecule has 0 heterocycles. The predicted octanol–water partition coefficient (Wildman–Crippen LogP) is 5.99. The van der Waals surface area contributed by atoms with E-state index in [9.17, 15) is 4.79 Å². The van der Waals surface area contributed by atoms with Crippen LogP contribution in [0.3, 0.4) is 0 Å². The number of carbonyl (C=O) groups excluding carboxylic acids is 1. The van der Waals surface area contributed by atoms with Crippen molar-refractivity contribution in [3.63, 3.8) is 0 Å². The Morgan fingerprint density at radius 2 is 1.22 bits per heavy atom. The number of aryl methyl sites for hydroxylation is 2. The van der Waals surface area contributed by atoms with Gasteiger partial charge in [-0.15, -0.1) is 0 Å². The van der Waals surface area contributed by atoms with Gasteiger partial charge >= 0.3 is 0 Å². The number of carbonyl (C=O) groups is 1. The third-order valence-electron chi connectivity index (χ3n) is 5.65. The highest BCUT2D eigenvalue weighted by Crippen LogP contribution is 2.18. The Labute approximate surface area is 212 Å². The van der Waals surface area contributed by atoms with Gasteiger partial charge in [-0.2, -0.15) is 0 Å². The second-order valence-electron chi connectivity index (χ2n) is 8.48. The van der Waals surface area contributed by atoms with Crippen molar-refractivity contribution in [3.8, 4) is 11.5 Å². The van der Waals surface area contributed by atoms with E-state index >= 15 is 0 Å². The lowest BCUT2D eigenvalue weighted by Crippen LogP contribution is -2.09. The first-order valence-corrected chi connectivity index (χ1v) is 11.9. The molecule has 4 aromatic carbocycles. The van der Waals surface area contributed by atoms with Gasteiger partial charge in [0.15, 0.2) is 5.78 Å². The van der Waals surface area contributed by atoms with E-state index in [1.54, 1.807) is 30.4 Å². The van der Waals surface area contributed by atoms with Gasteiger partial charge in [0, 0.05) is 16.9 Å². The zero-order valence-electron chi connectivity index (χ0n) is 20.1. The lowest BCUT2D eigenvalue weighted by Gasteiger charge is -2.10. The first-order chi connectivity index (χ1) is 17.5. The van der Waals surface area contributed by atoms with E-state index in [1.807, 2.05) is 66.7 Å². The molecule has 4 rings (SSSR count). The predicted molar refractivity (Wildman–Crippen MR) is 146 cm³/mol. The molecule has 5 heteroatoms. The van der Waals surface area contributed by atoms with E-state index in [0.29, 0.717) is 30.2 Å². The molecule has 182 valence electrons. The summed E-state index contributed by atoms with van der Waals surface area (Å²) in [6, 6.07) is 30.6. The molecule has 5 nitrogen and oxygen atoms in total. The first kappa shape index (κ1) is 24.6. The van der Waals surface area contributed by atoms with E-state index in [4.69, 9.17) is 20.9 Å². The molecule has 0 saturated heterocycles. The van der Waals surface area contributed by atoms with Crippen molar-refractivity contribution in [2.24, 2.45) is 0 Å². The minimum atomic E-state index is -0.0207. The topological polar surface area (TPSA) is 87.6 Å². The van der Waals surface area contributed by atoms with Crippen molar-refractivity contribution in [2.75, 3.05) is 24.7 Å². The third kappa shape index (κ3) is 7.50. The van der Waals surface area contributed by atoms with Gasteiger partial charge in [0.1, 0.15) is 24.7 Å². The van der Waals surface area contributed by atoms with Crippen LogP contribution < -0.4 is 20.9 Å². The first-order valence-electron chi connectivity index (χ1n) is 11.9. The van der Waals surface area contributed by atoms with E-state index in [2.05, 4.69) is 12.1 Å². The summed E-state index contributed by atoms with van der Waals surface area (Å²) in [5, 5.41) is 0. The zero-order valence-corrected chi connectivity index (χ0v) is 20.1. The maximum atomic E-state index is 12.2. The van der Waals surface area contributed by atoms with Gasteiger partial charge in [0.2, 0.25) is 0 Å². The Morgan fingerprint density at radius 3 is 1.83 bits per heavy atom. The number of rotatable bonds is 11. The molecule has 0 aromatic heterocycles. The molecule has 0 aliphatic carbocycles. The highest BCUT2D eigenvalue weighted by molar-refractivity contribution is 6.06. The smallest absolute Gasteiger partial charge is 0.185 e. The van der Waals surface area contributed by atoms with Gasteiger partial charge in [-0.05, 0) is 78.1 Å². The quantitative estimate of drug-likeness (QED) is 0.120. The summed E-state index contributed by atoms with van der Waals surface area (Å²) in [5.74, 6) is 1.54. The van der Waals surface area contributed by atoms with Crippen LogP contribution in [0, 0.1) is 0 Å². The molecule has 0 aliphatic rings. The number of ketones is 1. The summed E-state index contributed by atoms with van der Waals surface area (Å²) in [6.45, 7) is 0.870. The molecule has 0 atom stereocenters. The maximum Gasteiger partial charge on any atom is 0.185 e. The van der Waals surface area contributed by atoms with Crippen LogP contribution in [0.1, 0.15) is 27.0 Å². The molecule has 0 amide bonds. The lowest BCUT2D eigenvalue weighted by atomic mass is 10.0. The Morgan fingerprint density at radius 1 is 0.667 bits per heavy atom. The molecular formula is C31H30N2O3. The standard InChI is InChI=1S/C31H30N2O3/c32-27-20-25(21-28(33)22-27)7-6-23-8-13-29(14-9-23)35-18-19-36-30-15-10-24(11-16-30)12-17-31(34)26-4-2-1-3-5-26/h1-5,8-17,20-22H,6-7,18-19,32-33H2/b17-12+. The van der Waals surface area contributed by atoms with Gasteiger partial charge in [-0.25, -0.2) is 0 Å². The van der Waals surface area contributed by atoms with Crippen molar-refractivity contribution >= 4 is 23.2 Å². The Bertz CT molecular complexity index is 1280. The largest absolute Gasteiger partial charge is 0.490 e. The summed E-state index contributed by atoms with van der Waals surface area (Å²) < 4.78 is 11.6. The summed E-state index contributed by atoms with van der Waals surface area (Å²) in [4.78, 5) is 12.2. The number of ether oxygens (including phenoxy) is 2. The van der Waals surface area contributed by atoms with Crippen LogP contribution in [0.5, 0.6) is 11.5 Å². The zero-order chi connectivity index (χ0) is 25.2.